The monoisotopic (exact) mass is 244 g/mol. The quantitative estimate of drug-likeness (QED) is 0.880. The number of aromatic nitrogens is 1. The summed E-state index contributed by atoms with van der Waals surface area (Å²) in [6.45, 7) is 2.41. The SMILES string of the molecule is Cl.c1ccc(CSCC2CCNC2)nc1. The number of nitrogens with zero attached hydrogens (tertiary/aromatic N) is 1. The molecule has 0 saturated carbocycles. The molecule has 0 aromatic carbocycles. The average Bonchev–Trinajstić information content (AvgIpc) is 2.72. The first-order chi connectivity index (χ1) is 6.95. The fourth-order valence-electron chi connectivity index (χ4n) is 1.67. The molecule has 2 heterocycles. The second-order valence-corrected chi connectivity index (χ2v) is 4.73. The molecule has 84 valence electrons. The van der Waals surface area contributed by atoms with Gasteiger partial charge in [-0.25, -0.2) is 0 Å². The van der Waals surface area contributed by atoms with Crippen LogP contribution < -0.4 is 5.32 Å². The maximum Gasteiger partial charge on any atom is 0.0502 e. The highest BCUT2D eigenvalue weighted by atomic mass is 35.5. The Labute approximate surface area is 102 Å². The standard InChI is InChI=1S/C11H16N2S.ClH/c1-2-5-13-11(3-1)9-14-8-10-4-6-12-7-10;/h1-3,5,10,12H,4,6-9H2;1H. The van der Waals surface area contributed by atoms with Crippen LogP contribution in [-0.2, 0) is 5.75 Å². The number of hydrogen-bond acceptors (Lipinski definition) is 3. The van der Waals surface area contributed by atoms with E-state index in [0.717, 1.165) is 11.7 Å². The lowest BCUT2D eigenvalue weighted by Crippen LogP contribution is -2.10. The van der Waals surface area contributed by atoms with Crippen LogP contribution in [0.3, 0.4) is 0 Å². The van der Waals surface area contributed by atoms with Crippen LogP contribution in [0.4, 0.5) is 0 Å². The van der Waals surface area contributed by atoms with E-state index in [9.17, 15) is 0 Å². The number of pyridine rings is 1. The van der Waals surface area contributed by atoms with Crippen molar-refractivity contribution in [2.24, 2.45) is 5.92 Å². The molecule has 0 amide bonds. The van der Waals surface area contributed by atoms with E-state index in [1.54, 1.807) is 0 Å². The van der Waals surface area contributed by atoms with Crippen LogP contribution in [0.1, 0.15) is 12.1 Å². The number of thioether (sulfide) groups is 1. The minimum absolute atomic E-state index is 0. The van der Waals surface area contributed by atoms with Gasteiger partial charge >= 0.3 is 0 Å². The van der Waals surface area contributed by atoms with Crippen LogP contribution in [0.25, 0.3) is 0 Å². The zero-order valence-electron chi connectivity index (χ0n) is 8.69. The van der Waals surface area contributed by atoms with Crippen molar-refractivity contribution in [3.05, 3.63) is 30.1 Å². The third-order valence-electron chi connectivity index (χ3n) is 2.49. The first-order valence-electron chi connectivity index (χ1n) is 5.13. The van der Waals surface area contributed by atoms with Gasteiger partial charge in [0.2, 0.25) is 0 Å². The van der Waals surface area contributed by atoms with Gasteiger partial charge < -0.3 is 5.32 Å². The molecule has 1 unspecified atom stereocenters. The van der Waals surface area contributed by atoms with Crippen molar-refractivity contribution in [2.45, 2.75) is 12.2 Å². The van der Waals surface area contributed by atoms with Crippen molar-refractivity contribution in [3.8, 4) is 0 Å². The zero-order chi connectivity index (χ0) is 9.64. The second-order valence-electron chi connectivity index (χ2n) is 3.70. The molecule has 1 aliphatic heterocycles. The topological polar surface area (TPSA) is 24.9 Å². The summed E-state index contributed by atoms with van der Waals surface area (Å²) < 4.78 is 0. The largest absolute Gasteiger partial charge is 0.316 e. The van der Waals surface area contributed by atoms with Gasteiger partial charge in [-0.2, -0.15) is 11.8 Å². The number of halogens is 1. The summed E-state index contributed by atoms with van der Waals surface area (Å²) in [4.78, 5) is 4.31. The predicted molar refractivity (Wildman–Crippen MR) is 68.6 cm³/mol. The summed E-state index contributed by atoms with van der Waals surface area (Å²) in [6, 6.07) is 6.12. The summed E-state index contributed by atoms with van der Waals surface area (Å²) in [7, 11) is 0. The smallest absolute Gasteiger partial charge is 0.0502 e. The van der Waals surface area contributed by atoms with Crippen molar-refractivity contribution in [2.75, 3.05) is 18.8 Å². The van der Waals surface area contributed by atoms with Gasteiger partial charge in [-0.3, -0.25) is 4.98 Å². The molecule has 1 aromatic rings. The van der Waals surface area contributed by atoms with Gasteiger partial charge in [-0.15, -0.1) is 12.4 Å². The minimum Gasteiger partial charge on any atom is -0.316 e. The fraction of sp³-hybridized carbons (Fsp3) is 0.545. The van der Waals surface area contributed by atoms with Crippen LogP contribution in [-0.4, -0.2) is 23.8 Å². The molecule has 4 heteroatoms. The molecule has 15 heavy (non-hydrogen) atoms. The molecule has 0 radical (unpaired) electrons. The van der Waals surface area contributed by atoms with E-state index in [2.05, 4.69) is 22.4 Å². The van der Waals surface area contributed by atoms with Crippen LogP contribution in [0.2, 0.25) is 0 Å². The van der Waals surface area contributed by atoms with E-state index in [-0.39, 0.29) is 12.4 Å². The van der Waals surface area contributed by atoms with Crippen LogP contribution in [0, 0.1) is 5.92 Å². The van der Waals surface area contributed by atoms with Crippen LogP contribution >= 0.6 is 24.2 Å². The average molecular weight is 245 g/mol. The first kappa shape index (κ1) is 12.8. The molecule has 0 aliphatic carbocycles. The third-order valence-corrected chi connectivity index (χ3v) is 3.70. The minimum atomic E-state index is 0. The van der Waals surface area contributed by atoms with E-state index in [1.807, 2.05) is 24.0 Å². The Kier molecular flexibility index (Phi) is 6.06. The van der Waals surface area contributed by atoms with Crippen molar-refractivity contribution in [1.29, 1.82) is 0 Å². The molecule has 1 fully saturated rings. The maximum atomic E-state index is 4.31. The second kappa shape index (κ2) is 7.09. The number of hydrogen-bond donors (Lipinski definition) is 1. The van der Waals surface area contributed by atoms with Crippen molar-refractivity contribution >= 4 is 24.2 Å². The highest BCUT2D eigenvalue weighted by Gasteiger charge is 2.13. The van der Waals surface area contributed by atoms with E-state index in [4.69, 9.17) is 0 Å². The van der Waals surface area contributed by atoms with Crippen molar-refractivity contribution in [1.82, 2.24) is 10.3 Å². The van der Waals surface area contributed by atoms with E-state index in [1.165, 1.54) is 31.0 Å². The highest BCUT2D eigenvalue weighted by Crippen LogP contribution is 2.17. The van der Waals surface area contributed by atoms with E-state index < -0.39 is 0 Å². The normalized spacial score (nSPS) is 19.9. The zero-order valence-corrected chi connectivity index (χ0v) is 10.3. The van der Waals surface area contributed by atoms with Crippen LogP contribution in [0.15, 0.2) is 24.4 Å². The van der Waals surface area contributed by atoms with Crippen molar-refractivity contribution in [3.63, 3.8) is 0 Å². The Morgan fingerprint density at radius 1 is 1.47 bits per heavy atom. The Bertz CT molecular complexity index is 263. The molecular formula is C11H17ClN2S. The summed E-state index contributed by atoms with van der Waals surface area (Å²) in [5.74, 6) is 3.20. The fourth-order valence-corrected chi connectivity index (χ4v) is 2.79. The molecular weight excluding hydrogens is 228 g/mol. The van der Waals surface area contributed by atoms with Crippen LogP contribution in [0.5, 0.6) is 0 Å². The van der Waals surface area contributed by atoms with Gasteiger partial charge in [0.15, 0.2) is 0 Å². The van der Waals surface area contributed by atoms with Gasteiger partial charge in [0.1, 0.15) is 0 Å². The van der Waals surface area contributed by atoms with E-state index >= 15 is 0 Å². The summed E-state index contributed by atoms with van der Waals surface area (Å²) in [6.07, 6.45) is 3.21. The number of rotatable bonds is 4. The molecule has 1 aliphatic rings. The summed E-state index contributed by atoms with van der Waals surface area (Å²) in [5, 5.41) is 3.39. The van der Waals surface area contributed by atoms with Gasteiger partial charge in [0.25, 0.3) is 0 Å². The number of nitrogens with one attached hydrogen (secondary N) is 1. The van der Waals surface area contributed by atoms with Gasteiger partial charge in [-0.1, -0.05) is 6.07 Å². The molecule has 0 bridgehead atoms. The molecule has 1 N–H and O–H groups in total. The maximum absolute atomic E-state index is 4.31. The summed E-state index contributed by atoms with van der Waals surface area (Å²) >= 11 is 2.00. The molecule has 2 nitrogen and oxygen atoms in total. The lowest BCUT2D eigenvalue weighted by molar-refractivity contribution is 0.662. The lowest BCUT2D eigenvalue weighted by Gasteiger charge is -2.06. The molecule has 2 rings (SSSR count). The van der Waals surface area contributed by atoms with Gasteiger partial charge in [0.05, 0.1) is 5.69 Å². The first-order valence-corrected chi connectivity index (χ1v) is 6.29. The predicted octanol–water partition coefficient (Wildman–Crippen LogP) is 2.35. The van der Waals surface area contributed by atoms with Gasteiger partial charge in [-0.05, 0) is 43.3 Å². The Morgan fingerprint density at radius 3 is 3.07 bits per heavy atom. The molecule has 0 spiro atoms. The Balaban J connectivity index is 0.00000112. The Hall–Kier alpha value is -0.250. The summed E-state index contributed by atoms with van der Waals surface area (Å²) in [5.41, 5.74) is 1.20. The third kappa shape index (κ3) is 4.41. The Morgan fingerprint density at radius 2 is 2.40 bits per heavy atom. The van der Waals surface area contributed by atoms with Crippen molar-refractivity contribution < 1.29 is 0 Å². The highest BCUT2D eigenvalue weighted by molar-refractivity contribution is 7.98. The van der Waals surface area contributed by atoms with Gasteiger partial charge in [0, 0.05) is 11.9 Å². The van der Waals surface area contributed by atoms with E-state index in [0.29, 0.717) is 0 Å². The molecule has 1 aromatic heterocycles. The molecule has 1 atom stereocenters. The molecule has 1 saturated heterocycles. The lowest BCUT2D eigenvalue weighted by atomic mass is 10.2.